The third-order valence-electron chi connectivity index (χ3n) is 3.56. The maximum absolute atomic E-state index is 14.3. The summed E-state index contributed by atoms with van der Waals surface area (Å²) >= 11 is 0. The van der Waals surface area contributed by atoms with Crippen molar-refractivity contribution in [2.24, 2.45) is 0 Å². The first-order chi connectivity index (χ1) is 12.5. The van der Waals surface area contributed by atoms with Crippen LogP contribution in [0, 0.1) is 0 Å². The molecule has 3 atom stereocenters. The number of nitrogen functional groups attached to an aromatic ring is 1. The second kappa shape index (κ2) is 7.80. The Bertz CT molecular complexity index is 811. The van der Waals surface area contributed by atoms with Crippen LogP contribution in [0.5, 0.6) is 0 Å². The number of carbonyl (C=O) groups excluding carboxylic acids is 2. The number of carbonyl (C=O) groups is 2. The predicted molar refractivity (Wildman–Crippen MR) is 84.5 cm³/mol. The summed E-state index contributed by atoms with van der Waals surface area (Å²) in [6.45, 7) is 3.16. The number of nitrogens with two attached hydrogens (primary N) is 1. The molecule has 0 aromatic carbocycles. The van der Waals surface area contributed by atoms with Crippen molar-refractivity contribution in [3.8, 4) is 0 Å². The van der Waals surface area contributed by atoms with Gasteiger partial charge in [-0.1, -0.05) is 6.58 Å². The maximum Gasteiger partial charge on any atom is 0.351 e. The van der Waals surface area contributed by atoms with Gasteiger partial charge in [-0.05, 0) is 13.0 Å². The van der Waals surface area contributed by atoms with Crippen LogP contribution in [-0.4, -0.2) is 57.9 Å². The molecule has 12 heteroatoms. The van der Waals surface area contributed by atoms with E-state index in [0.29, 0.717) is 4.57 Å². The number of rotatable bonds is 6. The minimum Gasteiger partial charge on any atom is -0.460 e. The lowest BCUT2D eigenvalue weighted by Gasteiger charge is -2.20. The Morgan fingerprint density at radius 1 is 1.48 bits per heavy atom. The van der Waals surface area contributed by atoms with Crippen LogP contribution >= 0.6 is 0 Å². The molecular weight excluding hydrogens is 372 g/mol. The monoisotopic (exact) mass is 389 g/mol. The van der Waals surface area contributed by atoms with Gasteiger partial charge in [0.15, 0.2) is 12.7 Å². The summed E-state index contributed by atoms with van der Waals surface area (Å²) in [6, 6.07) is 1.11. The fourth-order valence-electron chi connectivity index (χ4n) is 2.17. The van der Waals surface area contributed by atoms with Crippen LogP contribution in [0.2, 0.25) is 0 Å². The molecule has 1 fully saturated rings. The molecule has 1 aliphatic rings. The molecule has 3 N–H and O–H groups in total. The average Bonchev–Trinajstić information content (AvgIpc) is 2.81. The SMILES string of the molecule is C=C(C)C(=O)OCC(=O)OC[C@H]1O[C@@H](n2ccc(N)nc2=O)C(F)(F)[C@H]1O. The number of aromatic nitrogens is 2. The zero-order chi connectivity index (χ0) is 20.4. The molecular formula is C15H17F2N3O7. The number of esters is 2. The molecule has 0 unspecified atom stereocenters. The summed E-state index contributed by atoms with van der Waals surface area (Å²) in [5.41, 5.74) is 4.25. The lowest BCUT2D eigenvalue weighted by Crippen LogP contribution is -2.42. The van der Waals surface area contributed by atoms with Crippen molar-refractivity contribution < 1.29 is 37.7 Å². The van der Waals surface area contributed by atoms with Crippen molar-refractivity contribution in [2.75, 3.05) is 18.9 Å². The van der Waals surface area contributed by atoms with Gasteiger partial charge in [0.25, 0.3) is 0 Å². The number of alkyl halides is 2. The second-order valence-corrected chi connectivity index (χ2v) is 5.73. The Balaban J connectivity index is 2.01. The van der Waals surface area contributed by atoms with E-state index in [0.717, 1.165) is 12.3 Å². The van der Waals surface area contributed by atoms with Crippen molar-refractivity contribution in [1.82, 2.24) is 9.55 Å². The fourth-order valence-corrected chi connectivity index (χ4v) is 2.17. The quantitative estimate of drug-likeness (QED) is 0.481. The van der Waals surface area contributed by atoms with Crippen molar-refractivity contribution in [3.05, 3.63) is 34.9 Å². The van der Waals surface area contributed by atoms with Crippen LogP contribution < -0.4 is 11.4 Å². The van der Waals surface area contributed by atoms with Gasteiger partial charge in [-0.2, -0.15) is 13.8 Å². The van der Waals surface area contributed by atoms with Crippen LogP contribution in [0.25, 0.3) is 0 Å². The van der Waals surface area contributed by atoms with Crippen LogP contribution in [0.3, 0.4) is 0 Å². The Morgan fingerprint density at radius 3 is 2.74 bits per heavy atom. The number of aliphatic hydroxyl groups is 1. The highest BCUT2D eigenvalue weighted by Gasteiger charge is 2.60. The molecule has 10 nitrogen and oxygen atoms in total. The zero-order valence-corrected chi connectivity index (χ0v) is 14.1. The lowest BCUT2D eigenvalue weighted by atomic mass is 10.1. The first kappa shape index (κ1) is 20.5. The van der Waals surface area contributed by atoms with E-state index in [1.54, 1.807) is 0 Å². The maximum atomic E-state index is 14.3. The third-order valence-corrected chi connectivity index (χ3v) is 3.56. The zero-order valence-electron chi connectivity index (χ0n) is 14.1. The van der Waals surface area contributed by atoms with E-state index in [1.807, 2.05) is 0 Å². The van der Waals surface area contributed by atoms with E-state index in [2.05, 4.69) is 21.0 Å². The van der Waals surface area contributed by atoms with Gasteiger partial charge < -0.3 is 25.1 Å². The molecule has 148 valence electrons. The number of nitrogens with zero attached hydrogens (tertiary/aromatic N) is 2. The van der Waals surface area contributed by atoms with Crippen molar-refractivity contribution in [2.45, 2.75) is 31.3 Å². The highest BCUT2D eigenvalue weighted by molar-refractivity contribution is 5.88. The average molecular weight is 389 g/mol. The van der Waals surface area contributed by atoms with Gasteiger partial charge in [0.1, 0.15) is 18.5 Å². The molecule has 2 rings (SSSR count). The van der Waals surface area contributed by atoms with E-state index >= 15 is 0 Å². The Labute approximate surface area is 151 Å². The molecule has 0 radical (unpaired) electrons. The van der Waals surface area contributed by atoms with Crippen molar-refractivity contribution >= 4 is 17.8 Å². The second-order valence-electron chi connectivity index (χ2n) is 5.73. The van der Waals surface area contributed by atoms with E-state index in [9.17, 15) is 28.3 Å². The summed E-state index contributed by atoms with van der Waals surface area (Å²) in [6.07, 6.45) is -5.22. The van der Waals surface area contributed by atoms with Crippen LogP contribution in [0.1, 0.15) is 13.2 Å². The van der Waals surface area contributed by atoms with Gasteiger partial charge in [0, 0.05) is 11.8 Å². The predicted octanol–water partition coefficient (Wildman–Crippen LogP) is -0.618. The van der Waals surface area contributed by atoms with E-state index < -0.39 is 55.2 Å². The number of hydrogen-bond acceptors (Lipinski definition) is 9. The van der Waals surface area contributed by atoms with Gasteiger partial charge in [-0.3, -0.25) is 4.57 Å². The largest absolute Gasteiger partial charge is 0.460 e. The van der Waals surface area contributed by atoms with Gasteiger partial charge in [-0.25, -0.2) is 14.4 Å². The fraction of sp³-hybridized carbons (Fsp3) is 0.467. The van der Waals surface area contributed by atoms with Gasteiger partial charge >= 0.3 is 23.6 Å². The number of ether oxygens (including phenoxy) is 3. The molecule has 1 aromatic rings. The minimum atomic E-state index is -3.87. The summed E-state index contributed by atoms with van der Waals surface area (Å²) in [4.78, 5) is 37.7. The normalized spacial score (nSPS) is 23.6. The lowest BCUT2D eigenvalue weighted by molar-refractivity contribution is -0.161. The molecule has 1 aliphatic heterocycles. The molecule has 0 saturated carbocycles. The summed E-state index contributed by atoms with van der Waals surface area (Å²) < 4.78 is 43.2. The Morgan fingerprint density at radius 2 is 2.15 bits per heavy atom. The Kier molecular flexibility index (Phi) is 5.91. The van der Waals surface area contributed by atoms with Crippen LogP contribution in [-0.2, 0) is 23.8 Å². The van der Waals surface area contributed by atoms with Gasteiger partial charge in [0.2, 0.25) is 6.23 Å². The van der Waals surface area contributed by atoms with Crippen LogP contribution in [0.4, 0.5) is 14.6 Å². The van der Waals surface area contributed by atoms with E-state index in [1.165, 1.54) is 6.92 Å². The number of halogens is 2. The van der Waals surface area contributed by atoms with Crippen molar-refractivity contribution in [3.63, 3.8) is 0 Å². The minimum absolute atomic E-state index is 0.0578. The molecule has 27 heavy (non-hydrogen) atoms. The first-order valence-corrected chi connectivity index (χ1v) is 7.58. The van der Waals surface area contributed by atoms with Crippen LogP contribution in [0.15, 0.2) is 29.2 Å². The number of aliphatic hydroxyl groups excluding tert-OH is 1. The molecule has 0 bridgehead atoms. The summed E-state index contributed by atoms with van der Waals surface area (Å²) in [5.74, 6) is -5.91. The van der Waals surface area contributed by atoms with E-state index in [-0.39, 0.29) is 11.4 Å². The highest BCUT2D eigenvalue weighted by atomic mass is 19.3. The number of hydrogen-bond donors (Lipinski definition) is 2. The highest BCUT2D eigenvalue weighted by Crippen LogP contribution is 2.42. The molecule has 0 amide bonds. The molecule has 2 heterocycles. The number of anilines is 1. The smallest absolute Gasteiger partial charge is 0.351 e. The van der Waals surface area contributed by atoms with Crippen molar-refractivity contribution in [1.29, 1.82) is 0 Å². The van der Waals surface area contributed by atoms with E-state index in [4.69, 9.17) is 10.5 Å². The topological polar surface area (TPSA) is 143 Å². The molecule has 0 spiro atoms. The Hall–Kier alpha value is -2.86. The first-order valence-electron chi connectivity index (χ1n) is 7.58. The molecule has 1 aromatic heterocycles. The summed E-state index contributed by atoms with van der Waals surface area (Å²) in [7, 11) is 0. The van der Waals surface area contributed by atoms with Gasteiger partial charge in [-0.15, -0.1) is 0 Å². The van der Waals surface area contributed by atoms with Gasteiger partial charge in [0.05, 0.1) is 0 Å². The molecule has 0 aliphatic carbocycles. The third kappa shape index (κ3) is 4.46. The summed E-state index contributed by atoms with van der Waals surface area (Å²) in [5, 5.41) is 9.77. The standard InChI is InChI=1S/C15H17F2N3O7/c1-7(2)12(23)26-6-10(21)25-5-8-11(22)15(16,17)13(27-8)20-4-3-9(18)19-14(20)24/h3-4,8,11,13,22H,1,5-6H2,2H3,(H2,18,19,24)/t8-,11+,13-/m1/s1. The molecule has 1 saturated heterocycles.